The van der Waals surface area contributed by atoms with E-state index in [0.717, 1.165) is 16.6 Å². The van der Waals surface area contributed by atoms with Crippen LogP contribution in [-0.2, 0) is 4.79 Å². The van der Waals surface area contributed by atoms with Gasteiger partial charge in [-0.2, -0.15) is 0 Å². The predicted octanol–water partition coefficient (Wildman–Crippen LogP) is 0.226. The van der Waals surface area contributed by atoms with Crippen LogP contribution in [0.25, 0.3) is 0 Å². The van der Waals surface area contributed by atoms with Crippen molar-refractivity contribution in [2.45, 2.75) is 20.8 Å². The third-order valence-corrected chi connectivity index (χ3v) is 2.44. The number of rotatable bonds is 1. The molecule has 0 aromatic heterocycles. The molecule has 1 aromatic rings. The molecule has 3 nitrogen and oxygen atoms in total. The van der Waals surface area contributed by atoms with Crippen LogP contribution in [0.3, 0.4) is 0 Å². The van der Waals surface area contributed by atoms with Crippen LogP contribution < -0.4 is 10.8 Å². The Morgan fingerprint density at radius 3 is 2.57 bits per heavy atom. The van der Waals surface area contributed by atoms with Crippen LogP contribution in [0.2, 0.25) is 0 Å². The first-order chi connectivity index (χ1) is 6.43. The zero-order chi connectivity index (χ0) is 10.9. The zero-order valence-corrected chi connectivity index (χ0v) is 8.93. The van der Waals surface area contributed by atoms with Crippen molar-refractivity contribution in [3.8, 4) is 5.75 Å². The van der Waals surface area contributed by atoms with E-state index < -0.39 is 0 Å². The van der Waals surface area contributed by atoms with Gasteiger partial charge in [0.15, 0.2) is 0 Å². The van der Waals surface area contributed by atoms with Crippen LogP contribution in [0, 0.1) is 13.8 Å². The molecule has 2 N–H and O–H groups in total. The van der Waals surface area contributed by atoms with Crippen LogP contribution in [-0.4, -0.2) is 18.9 Å². The van der Waals surface area contributed by atoms with Crippen molar-refractivity contribution in [3.05, 3.63) is 17.2 Å². The summed E-state index contributed by atoms with van der Waals surface area (Å²) < 4.78 is 0. The van der Waals surface area contributed by atoms with Gasteiger partial charge in [-0.05, 0) is 25.5 Å². The standard InChI is InChI=1S/C10H14BNO2/c1-5-4-8(12-7(3)13)10(14)6(2)9(5)11/h4,14H,11H2,1-3H3,(H,12,13). The smallest absolute Gasteiger partial charge is 0.221 e. The molecule has 0 bridgehead atoms. The van der Waals surface area contributed by atoms with E-state index in [-0.39, 0.29) is 11.7 Å². The first-order valence-electron chi connectivity index (χ1n) is 4.51. The quantitative estimate of drug-likeness (QED) is 0.493. The molecule has 0 atom stereocenters. The van der Waals surface area contributed by atoms with E-state index in [2.05, 4.69) is 5.32 Å². The molecule has 0 aliphatic rings. The number of phenolic OH excluding ortho intramolecular Hbond substituents is 1. The van der Waals surface area contributed by atoms with E-state index in [1.54, 1.807) is 6.07 Å². The van der Waals surface area contributed by atoms with E-state index in [1.165, 1.54) is 6.92 Å². The molecule has 1 rings (SSSR count). The molecule has 1 aromatic carbocycles. The lowest BCUT2D eigenvalue weighted by Gasteiger charge is -2.12. The van der Waals surface area contributed by atoms with E-state index in [0.29, 0.717) is 5.69 Å². The van der Waals surface area contributed by atoms with Crippen molar-refractivity contribution in [3.63, 3.8) is 0 Å². The number of phenols is 1. The molecule has 4 heteroatoms. The molecule has 0 aliphatic carbocycles. The molecule has 0 aliphatic heterocycles. The third-order valence-electron chi connectivity index (χ3n) is 2.44. The highest BCUT2D eigenvalue weighted by atomic mass is 16.3. The maximum absolute atomic E-state index is 10.9. The minimum absolute atomic E-state index is 0.156. The Kier molecular flexibility index (Phi) is 2.84. The SMILES string of the molecule is Bc1c(C)cc(NC(C)=O)c(O)c1C. The number of benzene rings is 1. The predicted molar refractivity (Wildman–Crippen MR) is 60.1 cm³/mol. The van der Waals surface area contributed by atoms with E-state index in [1.807, 2.05) is 21.7 Å². The zero-order valence-electron chi connectivity index (χ0n) is 8.93. The molecule has 1 amide bonds. The van der Waals surface area contributed by atoms with Gasteiger partial charge in [-0.3, -0.25) is 4.79 Å². The third kappa shape index (κ3) is 1.89. The number of carbonyl (C=O) groups is 1. The first-order valence-corrected chi connectivity index (χ1v) is 4.51. The highest BCUT2D eigenvalue weighted by molar-refractivity contribution is 6.34. The fourth-order valence-corrected chi connectivity index (χ4v) is 1.35. The van der Waals surface area contributed by atoms with Gasteiger partial charge in [0, 0.05) is 6.92 Å². The van der Waals surface area contributed by atoms with Gasteiger partial charge in [0.25, 0.3) is 0 Å². The summed E-state index contributed by atoms with van der Waals surface area (Å²) >= 11 is 0. The number of hydrogen-bond acceptors (Lipinski definition) is 2. The summed E-state index contributed by atoms with van der Waals surface area (Å²) in [7, 11) is 1.95. The Morgan fingerprint density at radius 1 is 1.50 bits per heavy atom. The molecule has 0 unspecified atom stereocenters. The minimum Gasteiger partial charge on any atom is -0.506 e. The maximum Gasteiger partial charge on any atom is 0.221 e. The van der Waals surface area contributed by atoms with Crippen molar-refractivity contribution in [1.82, 2.24) is 0 Å². The Morgan fingerprint density at radius 2 is 2.07 bits per heavy atom. The fourth-order valence-electron chi connectivity index (χ4n) is 1.35. The summed E-state index contributed by atoms with van der Waals surface area (Å²) in [6.07, 6.45) is 0. The van der Waals surface area contributed by atoms with Crippen molar-refractivity contribution < 1.29 is 9.90 Å². The van der Waals surface area contributed by atoms with Crippen molar-refractivity contribution in [2.75, 3.05) is 5.32 Å². The second kappa shape index (κ2) is 3.74. The highest BCUT2D eigenvalue weighted by Crippen LogP contribution is 2.26. The van der Waals surface area contributed by atoms with E-state index >= 15 is 0 Å². The van der Waals surface area contributed by atoms with Crippen LogP contribution >= 0.6 is 0 Å². The molecule has 0 saturated heterocycles. The lowest BCUT2D eigenvalue weighted by molar-refractivity contribution is -0.114. The van der Waals surface area contributed by atoms with Gasteiger partial charge in [0.2, 0.25) is 5.91 Å². The Bertz CT molecular complexity index is 388. The molecule has 0 heterocycles. The lowest BCUT2D eigenvalue weighted by Crippen LogP contribution is -2.15. The van der Waals surface area contributed by atoms with E-state index in [4.69, 9.17) is 0 Å². The molecule has 0 radical (unpaired) electrons. The summed E-state index contributed by atoms with van der Waals surface area (Å²) in [5.41, 5.74) is 3.41. The molecule has 0 spiro atoms. The number of carbonyl (C=O) groups excluding carboxylic acids is 1. The second-order valence-electron chi connectivity index (χ2n) is 3.52. The average molecular weight is 191 g/mol. The van der Waals surface area contributed by atoms with Crippen LogP contribution in [0.15, 0.2) is 6.07 Å². The Labute approximate surface area is 84.5 Å². The van der Waals surface area contributed by atoms with Gasteiger partial charge in [0.05, 0.1) is 5.69 Å². The molecule has 74 valence electrons. The normalized spacial score (nSPS) is 9.93. The monoisotopic (exact) mass is 191 g/mol. The molecular weight excluding hydrogens is 177 g/mol. The number of nitrogens with one attached hydrogen (secondary N) is 1. The first kappa shape index (κ1) is 10.6. The molecule has 0 fully saturated rings. The Balaban J connectivity index is 3.25. The van der Waals surface area contributed by atoms with Gasteiger partial charge >= 0.3 is 0 Å². The molecule has 14 heavy (non-hydrogen) atoms. The Hall–Kier alpha value is -1.45. The summed E-state index contributed by atoms with van der Waals surface area (Å²) in [6, 6.07) is 1.78. The van der Waals surface area contributed by atoms with Gasteiger partial charge in [-0.25, -0.2) is 0 Å². The highest BCUT2D eigenvalue weighted by Gasteiger charge is 2.09. The summed E-state index contributed by atoms with van der Waals surface area (Å²) in [6.45, 7) is 5.21. The summed E-state index contributed by atoms with van der Waals surface area (Å²) in [5, 5.41) is 12.3. The number of aryl methyl sites for hydroxylation is 1. The van der Waals surface area contributed by atoms with Crippen molar-refractivity contribution >= 4 is 24.9 Å². The van der Waals surface area contributed by atoms with Crippen LogP contribution in [0.4, 0.5) is 5.69 Å². The molecule has 0 saturated carbocycles. The van der Waals surface area contributed by atoms with Crippen molar-refractivity contribution in [2.24, 2.45) is 0 Å². The minimum atomic E-state index is -0.178. The van der Waals surface area contributed by atoms with Gasteiger partial charge in [-0.1, -0.05) is 11.0 Å². The fraction of sp³-hybridized carbons (Fsp3) is 0.300. The number of aromatic hydroxyl groups is 1. The number of hydrogen-bond donors (Lipinski definition) is 2. The average Bonchev–Trinajstić information content (AvgIpc) is 2.10. The topological polar surface area (TPSA) is 49.3 Å². The number of anilines is 1. The maximum atomic E-state index is 10.9. The van der Waals surface area contributed by atoms with Gasteiger partial charge in [0.1, 0.15) is 13.6 Å². The van der Waals surface area contributed by atoms with Crippen molar-refractivity contribution in [1.29, 1.82) is 0 Å². The summed E-state index contributed by atoms with van der Waals surface area (Å²) in [4.78, 5) is 10.9. The number of amides is 1. The van der Waals surface area contributed by atoms with Crippen LogP contribution in [0.5, 0.6) is 5.75 Å². The van der Waals surface area contributed by atoms with Crippen LogP contribution in [0.1, 0.15) is 18.1 Å². The molecular formula is C10H14BNO2. The largest absolute Gasteiger partial charge is 0.506 e. The lowest BCUT2D eigenvalue weighted by atomic mass is 9.86. The van der Waals surface area contributed by atoms with Gasteiger partial charge < -0.3 is 10.4 Å². The summed E-state index contributed by atoms with van der Waals surface area (Å²) in [5.74, 6) is -0.0220. The second-order valence-corrected chi connectivity index (χ2v) is 3.52. The van der Waals surface area contributed by atoms with Gasteiger partial charge in [-0.15, -0.1) is 0 Å². The van der Waals surface area contributed by atoms with E-state index in [9.17, 15) is 9.90 Å².